The van der Waals surface area contributed by atoms with Crippen LogP contribution < -0.4 is 10.9 Å². The van der Waals surface area contributed by atoms with E-state index in [4.69, 9.17) is 0 Å². The standard InChI is InChI=1S/C15H19N3O2S/c1-11-14(16-13(19)9-10-21-3)15(20)18(17(11)2)12-7-5-4-6-8-12/h4-8H,9-10H2,1-3H3,(H,16,19). The lowest BCUT2D eigenvalue weighted by Gasteiger charge is -2.07. The van der Waals surface area contributed by atoms with Crippen LogP contribution in [0.25, 0.3) is 5.69 Å². The largest absolute Gasteiger partial charge is 0.320 e. The molecule has 6 heteroatoms. The summed E-state index contributed by atoms with van der Waals surface area (Å²) >= 11 is 1.60. The van der Waals surface area contributed by atoms with Gasteiger partial charge in [-0.1, -0.05) is 18.2 Å². The van der Waals surface area contributed by atoms with Crippen LogP contribution in [0.1, 0.15) is 12.1 Å². The van der Waals surface area contributed by atoms with Gasteiger partial charge in [0.1, 0.15) is 5.69 Å². The Kier molecular flexibility index (Phi) is 4.90. The third kappa shape index (κ3) is 3.21. The predicted molar refractivity (Wildman–Crippen MR) is 87.4 cm³/mol. The monoisotopic (exact) mass is 305 g/mol. The van der Waals surface area contributed by atoms with Crippen LogP contribution in [0, 0.1) is 6.92 Å². The molecule has 2 aromatic rings. The highest BCUT2D eigenvalue weighted by Crippen LogP contribution is 2.14. The average Bonchev–Trinajstić information content (AvgIpc) is 2.70. The van der Waals surface area contributed by atoms with Crippen LogP contribution in [0.15, 0.2) is 35.1 Å². The van der Waals surface area contributed by atoms with Crippen LogP contribution in [0.5, 0.6) is 0 Å². The van der Waals surface area contributed by atoms with E-state index in [2.05, 4.69) is 5.32 Å². The number of carbonyl (C=O) groups excluding carboxylic acids is 1. The topological polar surface area (TPSA) is 56.0 Å². The summed E-state index contributed by atoms with van der Waals surface area (Å²) in [5, 5.41) is 2.74. The van der Waals surface area contributed by atoms with Crippen molar-refractivity contribution in [2.45, 2.75) is 13.3 Å². The van der Waals surface area contributed by atoms with Crippen LogP contribution in [0.3, 0.4) is 0 Å². The van der Waals surface area contributed by atoms with Crippen molar-refractivity contribution in [1.29, 1.82) is 0 Å². The molecular formula is C15H19N3O2S. The van der Waals surface area contributed by atoms with Crippen molar-refractivity contribution in [2.75, 3.05) is 17.3 Å². The first-order valence-electron chi connectivity index (χ1n) is 6.69. The summed E-state index contributed by atoms with van der Waals surface area (Å²) in [7, 11) is 1.81. The van der Waals surface area contributed by atoms with Gasteiger partial charge < -0.3 is 5.32 Å². The molecule has 0 aliphatic carbocycles. The van der Waals surface area contributed by atoms with Crippen LogP contribution in [-0.4, -0.2) is 27.3 Å². The predicted octanol–water partition coefficient (Wildman–Crippen LogP) is 2.18. The molecule has 0 fully saturated rings. The maximum Gasteiger partial charge on any atom is 0.295 e. The molecule has 0 atom stereocenters. The van der Waals surface area contributed by atoms with Crippen LogP contribution >= 0.6 is 11.8 Å². The summed E-state index contributed by atoms with van der Waals surface area (Å²) in [5.74, 6) is 0.611. The molecule has 1 amide bonds. The van der Waals surface area contributed by atoms with E-state index < -0.39 is 0 Å². The summed E-state index contributed by atoms with van der Waals surface area (Å²) in [4.78, 5) is 24.4. The second-order valence-corrected chi connectivity index (χ2v) is 5.71. The number of hydrogen-bond acceptors (Lipinski definition) is 3. The molecule has 112 valence electrons. The number of aromatic nitrogens is 2. The van der Waals surface area contributed by atoms with E-state index in [-0.39, 0.29) is 11.5 Å². The highest BCUT2D eigenvalue weighted by molar-refractivity contribution is 7.98. The van der Waals surface area contributed by atoms with Crippen molar-refractivity contribution in [3.8, 4) is 5.69 Å². The van der Waals surface area contributed by atoms with Gasteiger partial charge in [0, 0.05) is 19.2 Å². The first kappa shape index (κ1) is 15.4. The fourth-order valence-electron chi connectivity index (χ4n) is 2.11. The van der Waals surface area contributed by atoms with Gasteiger partial charge in [0.15, 0.2) is 0 Å². The van der Waals surface area contributed by atoms with Gasteiger partial charge in [-0.3, -0.25) is 14.3 Å². The maximum absolute atomic E-state index is 12.5. The average molecular weight is 305 g/mol. The molecular weight excluding hydrogens is 286 g/mol. The molecule has 1 aromatic carbocycles. The first-order chi connectivity index (χ1) is 10.1. The molecule has 0 unspecified atom stereocenters. The number of carbonyl (C=O) groups is 1. The molecule has 5 nitrogen and oxygen atoms in total. The van der Waals surface area contributed by atoms with Crippen LogP contribution in [0.2, 0.25) is 0 Å². The number of benzene rings is 1. The Morgan fingerprint density at radius 3 is 2.57 bits per heavy atom. The second-order valence-electron chi connectivity index (χ2n) is 4.73. The van der Waals surface area contributed by atoms with Crippen molar-refractivity contribution >= 4 is 23.4 Å². The Bertz CT molecular complexity index is 689. The fraction of sp³-hybridized carbons (Fsp3) is 0.333. The number of para-hydroxylation sites is 1. The Morgan fingerprint density at radius 1 is 1.29 bits per heavy atom. The quantitative estimate of drug-likeness (QED) is 0.921. The van der Waals surface area contributed by atoms with Crippen LogP contribution in [0.4, 0.5) is 5.69 Å². The van der Waals surface area contributed by atoms with Gasteiger partial charge in [-0.2, -0.15) is 11.8 Å². The second kappa shape index (κ2) is 6.67. The zero-order chi connectivity index (χ0) is 15.4. The van der Waals surface area contributed by atoms with E-state index in [1.54, 1.807) is 28.2 Å². The third-order valence-corrected chi connectivity index (χ3v) is 3.96. The number of rotatable bonds is 5. The fourth-order valence-corrected chi connectivity index (χ4v) is 2.50. The molecule has 1 aromatic heterocycles. The van der Waals surface area contributed by atoms with Gasteiger partial charge in [0.25, 0.3) is 5.56 Å². The minimum atomic E-state index is -0.210. The molecule has 21 heavy (non-hydrogen) atoms. The van der Waals surface area contributed by atoms with E-state index in [9.17, 15) is 9.59 Å². The zero-order valence-electron chi connectivity index (χ0n) is 12.4. The summed E-state index contributed by atoms with van der Waals surface area (Å²) in [6.07, 6.45) is 2.35. The molecule has 2 rings (SSSR count). The first-order valence-corrected chi connectivity index (χ1v) is 8.08. The van der Waals surface area contributed by atoms with E-state index in [1.165, 1.54) is 0 Å². The molecule has 0 saturated heterocycles. The van der Waals surface area contributed by atoms with Gasteiger partial charge >= 0.3 is 0 Å². The zero-order valence-corrected chi connectivity index (χ0v) is 13.2. The lowest BCUT2D eigenvalue weighted by atomic mass is 10.3. The molecule has 0 spiro atoms. The van der Waals surface area contributed by atoms with Crippen molar-refractivity contribution < 1.29 is 4.79 Å². The van der Waals surface area contributed by atoms with E-state index in [0.29, 0.717) is 12.1 Å². The lowest BCUT2D eigenvalue weighted by Crippen LogP contribution is -2.23. The lowest BCUT2D eigenvalue weighted by molar-refractivity contribution is -0.115. The normalized spacial score (nSPS) is 10.6. The highest BCUT2D eigenvalue weighted by atomic mass is 32.2. The Balaban J connectivity index is 2.37. The van der Waals surface area contributed by atoms with Crippen molar-refractivity contribution in [1.82, 2.24) is 9.36 Å². The van der Waals surface area contributed by atoms with Crippen molar-refractivity contribution in [3.05, 3.63) is 46.4 Å². The molecule has 1 heterocycles. The number of thioether (sulfide) groups is 1. The van der Waals surface area contributed by atoms with Gasteiger partial charge in [-0.15, -0.1) is 0 Å². The summed E-state index contributed by atoms with van der Waals surface area (Å²) < 4.78 is 3.31. The minimum Gasteiger partial charge on any atom is -0.320 e. The maximum atomic E-state index is 12.5. The van der Waals surface area contributed by atoms with Crippen molar-refractivity contribution in [3.63, 3.8) is 0 Å². The van der Waals surface area contributed by atoms with Gasteiger partial charge in [-0.25, -0.2) is 4.68 Å². The molecule has 1 N–H and O–H groups in total. The molecule has 0 aliphatic rings. The van der Waals surface area contributed by atoms with Gasteiger partial charge in [0.2, 0.25) is 5.91 Å². The highest BCUT2D eigenvalue weighted by Gasteiger charge is 2.17. The number of nitrogens with zero attached hydrogens (tertiary/aromatic N) is 2. The summed E-state index contributed by atoms with van der Waals surface area (Å²) in [6, 6.07) is 9.37. The number of anilines is 1. The molecule has 0 aliphatic heterocycles. The van der Waals surface area contributed by atoms with E-state index in [1.807, 2.05) is 43.5 Å². The van der Waals surface area contributed by atoms with Crippen LogP contribution in [-0.2, 0) is 11.8 Å². The number of hydrogen-bond donors (Lipinski definition) is 1. The Hall–Kier alpha value is -1.95. The van der Waals surface area contributed by atoms with E-state index in [0.717, 1.165) is 17.1 Å². The van der Waals surface area contributed by atoms with Crippen molar-refractivity contribution in [2.24, 2.45) is 7.05 Å². The molecule has 0 saturated carbocycles. The molecule has 0 radical (unpaired) electrons. The summed E-state index contributed by atoms with van der Waals surface area (Å²) in [6.45, 7) is 1.82. The van der Waals surface area contributed by atoms with E-state index >= 15 is 0 Å². The number of amides is 1. The summed E-state index contributed by atoms with van der Waals surface area (Å²) in [5.41, 5.74) is 1.66. The Labute approximate surface area is 127 Å². The number of nitrogens with one attached hydrogen (secondary N) is 1. The SMILES string of the molecule is CSCCC(=O)Nc1c(C)n(C)n(-c2ccccc2)c1=O. The Morgan fingerprint density at radius 2 is 1.95 bits per heavy atom. The van der Waals surface area contributed by atoms with Gasteiger partial charge in [-0.05, 0) is 25.3 Å². The smallest absolute Gasteiger partial charge is 0.295 e. The molecule has 0 bridgehead atoms. The van der Waals surface area contributed by atoms with Gasteiger partial charge in [0.05, 0.1) is 11.4 Å². The minimum absolute atomic E-state index is 0.129. The third-order valence-electron chi connectivity index (χ3n) is 3.35.